The number of aromatic nitrogens is 4. The van der Waals surface area contributed by atoms with Gasteiger partial charge in [0, 0.05) is 51.8 Å². The maximum atomic E-state index is 12.6. The average Bonchev–Trinajstić information content (AvgIpc) is 3.13. The number of guanidine groups is 1. The van der Waals surface area contributed by atoms with Crippen molar-refractivity contribution in [2.24, 2.45) is 4.99 Å². The van der Waals surface area contributed by atoms with E-state index in [0.29, 0.717) is 25.6 Å². The van der Waals surface area contributed by atoms with E-state index in [4.69, 9.17) is 0 Å². The summed E-state index contributed by atoms with van der Waals surface area (Å²) in [5.74, 6) is 0.543. The molecule has 0 fully saturated rings. The first kappa shape index (κ1) is 22.9. The van der Waals surface area contributed by atoms with Crippen LogP contribution in [0, 0.1) is 0 Å². The Labute approximate surface area is 172 Å². The highest BCUT2D eigenvalue weighted by Crippen LogP contribution is 2.27. The van der Waals surface area contributed by atoms with Crippen molar-refractivity contribution >= 4 is 35.9 Å². The van der Waals surface area contributed by atoms with Crippen LogP contribution in [-0.2, 0) is 12.7 Å². The predicted octanol–water partition coefficient (Wildman–Crippen LogP) is 1.98. The van der Waals surface area contributed by atoms with Crippen LogP contribution in [0.3, 0.4) is 0 Å². The summed E-state index contributed by atoms with van der Waals surface area (Å²) in [6.45, 7) is 2.29. The number of alkyl halides is 3. The highest BCUT2D eigenvalue weighted by Gasteiger charge is 2.32. The molecular formula is C15H22F3IN8. The van der Waals surface area contributed by atoms with Crippen LogP contribution in [0.2, 0.25) is 0 Å². The van der Waals surface area contributed by atoms with Crippen LogP contribution < -0.4 is 16.0 Å². The summed E-state index contributed by atoms with van der Waals surface area (Å²) in [6, 6.07) is 2.70. The molecule has 0 aliphatic carbocycles. The summed E-state index contributed by atoms with van der Waals surface area (Å²) in [5, 5.41) is 13.1. The molecule has 0 saturated heterocycles. The van der Waals surface area contributed by atoms with E-state index in [1.165, 1.54) is 0 Å². The zero-order valence-corrected chi connectivity index (χ0v) is 17.0. The van der Waals surface area contributed by atoms with Crippen LogP contribution in [0.1, 0.15) is 12.1 Å². The maximum absolute atomic E-state index is 12.6. The first-order valence-corrected chi connectivity index (χ1v) is 8.05. The SMILES string of the molecule is CN=C(NCCCn1cccn1)NCCNc1nccc(C(F)(F)F)n1.I. The largest absolute Gasteiger partial charge is 0.433 e. The first-order valence-electron chi connectivity index (χ1n) is 8.05. The van der Waals surface area contributed by atoms with Crippen LogP contribution in [0.15, 0.2) is 35.7 Å². The molecule has 0 saturated carbocycles. The molecule has 27 heavy (non-hydrogen) atoms. The normalized spacial score (nSPS) is 11.6. The van der Waals surface area contributed by atoms with E-state index in [1.54, 1.807) is 13.2 Å². The van der Waals surface area contributed by atoms with Crippen molar-refractivity contribution in [3.05, 3.63) is 36.4 Å². The minimum Gasteiger partial charge on any atom is -0.356 e. The van der Waals surface area contributed by atoms with Crippen molar-refractivity contribution in [3.63, 3.8) is 0 Å². The van der Waals surface area contributed by atoms with Crippen LogP contribution in [0.25, 0.3) is 0 Å². The second-order valence-corrected chi connectivity index (χ2v) is 5.24. The Hall–Kier alpha value is -2.12. The number of nitrogens with one attached hydrogen (secondary N) is 3. The van der Waals surface area contributed by atoms with Crippen LogP contribution in [0.4, 0.5) is 19.1 Å². The Balaban J connectivity index is 0.00000364. The average molecular weight is 498 g/mol. The molecule has 0 atom stereocenters. The van der Waals surface area contributed by atoms with Gasteiger partial charge in [-0.05, 0) is 18.6 Å². The van der Waals surface area contributed by atoms with E-state index in [1.807, 2.05) is 16.9 Å². The van der Waals surface area contributed by atoms with Gasteiger partial charge in [0.05, 0.1) is 0 Å². The van der Waals surface area contributed by atoms with Gasteiger partial charge in [-0.1, -0.05) is 0 Å². The Morgan fingerprint density at radius 3 is 2.63 bits per heavy atom. The van der Waals surface area contributed by atoms with Gasteiger partial charge in [-0.15, -0.1) is 24.0 Å². The van der Waals surface area contributed by atoms with Crippen molar-refractivity contribution in [1.82, 2.24) is 30.4 Å². The molecule has 3 N–H and O–H groups in total. The van der Waals surface area contributed by atoms with Gasteiger partial charge < -0.3 is 16.0 Å². The fourth-order valence-electron chi connectivity index (χ4n) is 2.06. The highest BCUT2D eigenvalue weighted by molar-refractivity contribution is 14.0. The summed E-state index contributed by atoms with van der Waals surface area (Å²) in [4.78, 5) is 11.3. The van der Waals surface area contributed by atoms with Crippen LogP contribution in [-0.4, -0.2) is 52.4 Å². The molecule has 0 aromatic carbocycles. The van der Waals surface area contributed by atoms with E-state index in [2.05, 4.69) is 36.0 Å². The van der Waals surface area contributed by atoms with E-state index in [-0.39, 0.29) is 29.9 Å². The van der Waals surface area contributed by atoms with Crippen molar-refractivity contribution in [2.75, 3.05) is 32.0 Å². The fraction of sp³-hybridized carbons (Fsp3) is 0.467. The van der Waals surface area contributed by atoms with E-state index < -0.39 is 11.9 Å². The second kappa shape index (κ2) is 11.6. The number of anilines is 1. The molecule has 150 valence electrons. The Morgan fingerprint density at radius 1 is 1.19 bits per heavy atom. The fourth-order valence-corrected chi connectivity index (χ4v) is 2.06. The lowest BCUT2D eigenvalue weighted by molar-refractivity contribution is -0.141. The Kier molecular flexibility index (Phi) is 9.82. The summed E-state index contributed by atoms with van der Waals surface area (Å²) in [7, 11) is 1.65. The lowest BCUT2D eigenvalue weighted by Crippen LogP contribution is -2.40. The van der Waals surface area contributed by atoms with Gasteiger partial charge >= 0.3 is 6.18 Å². The monoisotopic (exact) mass is 498 g/mol. The summed E-state index contributed by atoms with van der Waals surface area (Å²) in [5.41, 5.74) is -0.974. The van der Waals surface area contributed by atoms with Gasteiger partial charge in [0.1, 0.15) is 5.69 Å². The minimum absolute atomic E-state index is 0. The third kappa shape index (κ3) is 8.41. The van der Waals surface area contributed by atoms with E-state index >= 15 is 0 Å². The number of nitrogens with zero attached hydrogens (tertiary/aromatic N) is 5. The third-order valence-electron chi connectivity index (χ3n) is 3.29. The summed E-state index contributed by atoms with van der Waals surface area (Å²) < 4.78 is 39.6. The van der Waals surface area contributed by atoms with Crippen molar-refractivity contribution in [3.8, 4) is 0 Å². The molecule has 0 radical (unpaired) electrons. The molecule has 0 unspecified atom stereocenters. The van der Waals surface area contributed by atoms with Crippen LogP contribution in [0.5, 0.6) is 0 Å². The maximum Gasteiger partial charge on any atom is 0.433 e. The van der Waals surface area contributed by atoms with Gasteiger partial charge in [-0.3, -0.25) is 9.67 Å². The van der Waals surface area contributed by atoms with Gasteiger partial charge in [-0.2, -0.15) is 18.3 Å². The van der Waals surface area contributed by atoms with E-state index in [9.17, 15) is 13.2 Å². The first-order chi connectivity index (χ1) is 12.5. The lowest BCUT2D eigenvalue weighted by Gasteiger charge is -2.12. The quantitative estimate of drug-likeness (QED) is 0.223. The van der Waals surface area contributed by atoms with Crippen molar-refractivity contribution in [2.45, 2.75) is 19.1 Å². The third-order valence-corrected chi connectivity index (χ3v) is 3.29. The lowest BCUT2D eigenvalue weighted by atomic mass is 10.4. The zero-order chi connectivity index (χ0) is 18.8. The number of aryl methyl sites for hydroxylation is 1. The molecule has 0 bridgehead atoms. The molecule has 2 aromatic rings. The Bertz CT molecular complexity index is 691. The van der Waals surface area contributed by atoms with Gasteiger partial charge in [-0.25, -0.2) is 9.97 Å². The summed E-state index contributed by atoms with van der Waals surface area (Å²) in [6.07, 6.45) is 1.09. The van der Waals surface area contributed by atoms with E-state index in [0.717, 1.165) is 25.2 Å². The van der Waals surface area contributed by atoms with Crippen molar-refractivity contribution in [1.29, 1.82) is 0 Å². The highest BCUT2D eigenvalue weighted by atomic mass is 127. The smallest absolute Gasteiger partial charge is 0.356 e. The molecule has 0 aliphatic heterocycles. The molecule has 8 nitrogen and oxygen atoms in total. The molecule has 2 heterocycles. The number of aliphatic imine (C=N–C) groups is 1. The predicted molar refractivity (Wildman–Crippen MR) is 107 cm³/mol. The molecule has 12 heteroatoms. The molecule has 2 rings (SSSR count). The number of halogens is 4. The number of hydrogen-bond acceptors (Lipinski definition) is 5. The topological polar surface area (TPSA) is 92.0 Å². The number of hydrogen-bond donors (Lipinski definition) is 3. The standard InChI is InChI=1S/C15H21F3N8.HI/c1-19-13(20-5-2-10-26-11-3-6-24-26)22-8-9-23-14-21-7-4-12(25-14)15(16,17)18;/h3-4,6-7,11H,2,5,8-10H2,1H3,(H2,19,20,22)(H,21,23,25);1H. The molecule has 2 aromatic heterocycles. The van der Waals surface area contributed by atoms with Gasteiger partial charge in [0.2, 0.25) is 5.95 Å². The van der Waals surface area contributed by atoms with Crippen molar-refractivity contribution < 1.29 is 13.2 Å². The molecule has 0 spiro atoms. The van der Waals surface area contributed by atoms with Gasteiger partial charge in [0.25, 0.3) is 0 Å². The zero-order valence-electron chi connectivity index (χ0n) is 14.7. The Morgan fingerprint density at radius 2 is 1.96 bits per heavy atom. The van der Waals surface area contributed by atoms with Crippen LogP contribution >= 0.6 is 24.0 Å². The molecular weight excluding hydrogens is 476 g/mol. The minimum atomic E-state index is -4.49. The number of rotatable bonds is 8. The van der Waals surface area contributed by atoms with Gasteiger partial charge in [0.15, 0.2) is 5.96 Å². The summed E-state index contributed by atoms with van der Waals surface area (Å²) >= 11 is 0. The second-order valence-electron chi connectivity index (χ2n) is 5.24. The molecule has 0 amide bonds. The molecule has 0 aliphatic rings.